The maximum absolute atomic E-state index is 11.9. The van der Waals surface area contributed by atoms with Crippen LogP contribution >= 0.6 is 0 Å². The van der Waals surface area contributed by atoms with Crippen LogP contribution in [0.5, 0.6) is 5.75 Å². The van der Waals surface area contributed by atoms with Crippen LogP contribution in [0, 0.1) is 0 Å². The molecule has 0 aliphatic rings. The fourth-order valence-electron chi connectivity index (χ4n) is 1.53. The normalized spacial score (nSPS) is 10.5. The van der Waals surface area contributed by atoms with Crippen LogP contribution in [0.25, 0.3) is 11.1 Å². The molecule has 0 saturated carbocycles. The molecule has 0 aromatic carbocycles. The molecular formula is C12H14N2O3. The molecular weight excluding hydrogens is 220 g/mol. The lowest BCUT2D eigenvalue weighted by Crippen LogP contribution is -2.21. The van der Waals surface area contributed by atoms with Gasteiger partial charge in [-0.25, -0.2) is 4.98 Å². The molecule has 0 unspecified atom stereocenters. The van der Waals surface area contributed by atoms with Gasteiger partial charge in [0.2, 0.25) is 5.76 Å². The molecule has 0 radical (unpaired) electrons. The van der Waals surface area contributed by atoms with Crippen LogP contribution in [0.2, 0.25) is 0 Å². The van der Waals surface area contributed by atoms with Crippen LogP contribution in [0.1, 0.15) is 17.5 Å². The van der Waals surface area contributed by atoms with E-state index in [2.05, 4.69) is 4.98 Å². The Morgan fingerprint density at radius 2 is 2.29 bits per heavy atom. The van der Waals surface area contributed by atoms with Crippen molar-refractivity contribution in [3.05, 3.63) is 24.1 Å². The van der Waals surface area contributed by atoms with Crippen molar-refractivity contribution in [2.45, 2.75) is 6.92 Å². The highest BCUT2D eigenvalue weighted by Gasteiger charge is 2.23. The molecule has 5 heteroatoms. The number of furan rings is 1. The second-order valence-electron chi connectivity index (χ2n) is 3.74. The Morgan fingerprint density at radius 3 is 2.94 bits per heavy atom. The molecule has 2 aromatic heterocycles. The lowest BCUT2D eigenvalue weighted by molar-refractivity contribution is 0.0793. The zero-order valence-electron chi connectivity index (χ0n) is 10.1. The van der Waals surface area contributed by atoms with Gasteiger partial charge < -0.3 is 14.1 Å². The first-order valence-electron chi connectivity index (χ1n) is 5.37. The number of hydrogen-bond donors (Lipinski definition) is 0. The number of aromatic nitrogens is 1. The first-order valence-corrected chi connectivity index (χ1v) is 5.37. The predicted octanol–water partition coefficient (Wildman–Crippen LogP) is 1.93. The smallest absolute Gasteiger partial charge is 0.293 e. The van der Waals surface area contributed by atoms with Crippen molar-refractivity contribution in [1.29, 1.82) is 0 Å². The van der Waals surface area contributed by atoms with E-state index in [0.29, 0.717) is 23.5 Å². The zero-order valence-corrected chi connectivity index (χ0v) is 10.1. The lowest BCUT2D eigenvalue weighted by atomic mass is 10.3. The van der Waals surface area contributed by atoms with Gasteiger partial charge in [0.15, 0.2) is 16.8 Å². The minimum atomic E-state index is -0.230. The molecule has 2 rings (SSSR count). The summed E-state index contributed by atoms with van der Waals surface area (Å²) in [4.78, 5) is 17.6. The maximum Gasteiger partial charge on any atom is 0.293 e. The van der Waals surface area contributed by atoms with E-state index in [1.807, 2.05) is 6.92 Å². The van der Waals surface area contributed by atoms with Crippen molar-refractivity contribution < 1.29 is 13.9 Å². The fraction of sp³-hybridized carbons (Fsp3) is 0.333. The average molecular weight is 234 g/mol. The van der Waals surface area contributed by atoms with Gasteiger partial charge in [0.05, 0.1) is 6.61 Å². The molecule has 2 aromatic rings. The molecule has 0 atom stereocenters. The summed E-state index contributed by atoms with van der Waals surface area (Å²) in [5.74, 6) is 0.388. The van der Waals surface area contributed by atoms with Crippen molar-refractivity contribution in [3.8, 4) is 5.75 Å². The van der Waals surface area contributed by atoms with Gasteiger partial charge in [-0.1, -0.05) is 0 Å². The summed E-state index contributed by atoms with van der Waals surface area (Å²) in [7, 11) is 3.33. The van der Waals surface area contributed by atoms with E-state index in [0.717, 1.165) is 0 Å². The second-order valence-corrected chi connectivity index (χ2v) is 3.74. The first kappa shape index (κ1) is 11.4. The monoisotopic (exact) mass is 234 g/mol. The van der Waals surface area contributed by atoms with E-state index in [1.54, 1.807) is 32.4 Å². The van der Waals surface area contributed by atoms with Gasteiger partial charge in [-0.3, -0.25) is 4.79 Å². The molecule has 0 spiro atoms. The van der Waals surface area contributed by atoms with Crippen molar-refractivity contribution in [2.75, 3.05) is 20.7 Å². The molecule has 0 saturated heterocycles. The minimum Gasteiger partial charge on any atom is -0.488 e. The van der Waals surface area contributed by atoms with Crippen LogP contribution in [0.15, 0.2) is 22.7 Å². The standard InChI is InChI=1S/C12H14N2O3/c1-4-16-10-9-8(6-5-7-13-9)17-11(10)12(15)14(2)3/h5-7H,4H2,1-3H3. The Morgan fingerprint density at radius 1 is 1.53 bits per heavy atom. The highest BCUT2D eigenvalue weighted by atomic mass is 16.5. The Hall–Kier alpha value is -2.04. The number of hydrogen-bond acceptors (Lipinski definition) is 4. The van der Waals surface area contributed by atoms with E-state index in [1.165, 1.54) is 4.90 Å². The molecule has 2 heterocycles. The van der Waals surface area contributed by atoms with E-state index < -0.39 is 0 Å². The summed E-state index contributed by atoms with van der Waals surface area (Å²) >= 11 is 0. The summed E-state index contributed by atoms with van der Waals surface area (Å²) in [5, 5.41) is 0. The van der Waals surface area contributed by atoms with Crippen LogP contribution in [-0.4, -0.2) is 36.5 Å². The van der Waals surface area contributed by atoms with Gasteiger partial charge in [0, 0.05) is 20.3 Å². The molecule has 0 aliphatic heterocycles. The van der Waals surface area contributed by atoms with Crippen LogP contribution in [-0.2, 0) is 0 Å². The summed E-state index contributed by atoms with van der Waals surface area (Å²) in [6, 6.07) is 3.52. The van der Waals surface area contributed by atoms with E-state index in [4.69, 9.17) is 9.15 Å². The van der Waals surface area contributed by atoms with Gasteiger partial charge >= 0.3 is 0 Å². The van der Waals surface area contributed by atoms with Gasteiger partial charge in [-0.15, -0.1) is 0 Å². The number of fused-ring (bicyclic) bond motifs is 1. The Balaban J connectivity index is 2.61. The quantitative estimate of drug-likeness (QED) is 0.814. The van der Waals surface area contributed by atoms with Crippen molar-refractivity contribution in [2.24, 2.45) is 0 Å². The number of nitrogens with zero attached hydrogens (tertiary/aromatic N) is 2. The third-order valence-corrected chi connectivity index (χ3v) is 2.29. The number of carbonyl (C=O) groups excluding carboxylic acids is 1. The summed E-state index contributed by atoms with van der Waals surface area (Å²) in [6.07, 6.45) is 1.64. The van der Waals surface area contributed by atoms with Crippen LogP contribution in [0.4, 0.5) is 0 Å². The van der Waals surface area contributed by atoms with Crippen molar-refractivity contribution in [3.63, 3.8) is 0 Å². The zero-order chi connectivity index (χ0) is 12.4. The highest BCUT2D eigenvalue weighted by molar-refractivity contribution is 6.00. The number of rotatable bonds is 3. The van der Waals surface area contributed by atoms with Crippen LogP contribution < -0.4 is 4.74 Å². The molecule has 0 N–H and O–H groups in total. The number of pyridine rings is 1. The summed E-state index contributed by atoms with van der Waals surface area (Å²) < 4.78 is 11.0. The SMILES string of the molecule is CCOc1c(C(=O)N(C)C)oc2cccnc12. The first-order chi connectivity index (χ1) is 8.15. The third kappa shape index (κ3) is 1.95. The second kappa shape index (κ2) is 4.45. The predicted molar refractivity (Wildman–Crippen MR) is 63.2 cm³/mol. The lowest BCUT2D eigenvalue weighted by Gasteiger charge is -2.09. The van der Waals surface area contributed by atoms with Gasteiger partial charge in [-0.2, -0.15) is 0 Å². The molecule has 90 valence electrons. The van der Waals surface area contributed by atoms with Crippen molar-refractivity contribution in [1.82, 2.24) is 9.88 Å². The van der Waals surface area contributed by atoms with Crippen molar-refractivity contribution >= 4 is 17.0 Å². The minimum absolute atomic E-state index is 0.200. The number of ether oxygens (including phenoxy) is 1. The largest absolute Gasteiger partial charge is 0.488 e. The van der Waals surface area contributed by atoms with E-state index in [9.17, 15) is 4.79 Å². The van der Waals surface area contributed by atoms with Gasteiger partial charge in [-0.05, 0) is 19.1 Å². The molecule has 0 fully saturated rings. The van der Waals surface area contributed by atoms with Gasteiger partial charge in [0.25, 0.3) is 5.91 Å². The Kier molecular flexibility index (Phi) is 2.99. The van der Waals surface area contributed by atoms with Gasteiger partial charge in [0.1, 0.15) is 0 Å². The summed E-state index contributed by atoms with van der Waals surface area (Å²) in [6.45, 7) is 2.31. The Bertz CT molecular complexity index is 546. The molecule has 0 bridgehead atoms. The third-order valence-electron chi connectivity index (χ3n) is 2.29. The molecule has 17 heavy (non-hydrogen) atoms. The maximum atomic E-state index is 11.9. The molecule has 0 aliphatic carbocycles. The van der Waals surface area contributed by atoms with E-state index >= 15 is 0 Å². The molecule has 5 nitrogen and oxygen atoms in total. The Labute approximate surface area is 99.0 Å². The van der Waals surface area contributed by atoms with E-state index in [-0.39, 0.29) is 11.7 Å². The topological polar surface area (TPSA) is 55.6 Å². The fourth-order valence-corrected chi connectivity index (χ4v) is 1.53. The van der Waals surface area contributed by atoms with Crippen LogP contribution in [0.3, 0.4) is 0 Å². The number of carbonyl (C=O) groups is 1. The average Bonchev–Trinajstić information content (AvgIpc) is 2.68. The number of amides is 1. The summed E-state index contributed by atoms with van der Waals surface area (Å²) in [5.41, 5.74) is 1.14. The molecule has 1 amide bonds. The highest BCUT2D eigenvalue weighted by Crippen LogP contribution is 2.31.